The molecule has 0 spiro atoms. The van der Waals surface area contributed by atoms with Gasteiger partial charge in [-0.05, 0) is 17.5 Å². The van der Waals surface area contributed by atoms with Crippen molar-refractivity contribution in [3.05, 3.63) is 51.5 Å². The highest BCUT2D eigenvalue weighted by Crippen LogP contribution is 2.29. The molecule has 1 aromatic heterocycles. The van der Waals surface area contributed by atoms with Gasteiger partial charge in [-0.3, -0.25) is 9.79 Å². The van der Waals surface area contributed by atoms with Crippen LogP contribution in [0.2, 0.25) is 0 Å². The molecule has 2 N–H and O–H groups in total. The first-order valence-electron chi connectivity index (χ1n) is 8.67. The number of hydrogen-bond donors (Lipinski definition) is 2. The van der Waals surface area contributed by atoms with E-state index >= 15 is 0 Å². The average molecular weight is 411 g/mol. The predicted molar refractivity (Wildman–Crippen MR) is 101 cm³/mol. The summed E-state index contributed by atoms with van der Waals surface area (Å²) in [6, 6.07) is 8.04. The van der Waals surface area contributed by atoms with E-state index in [-0.39, 0.29) is 24.0 Å². The number of nitrogens with one attached hydrogen (secondary N) is 2. The molecule has 0 saturated carbocycles. The van der Waals surface area contributed by atoms with Crippen LogP contribution in [0.3, 0.4) is 0 Å². The monoisotopic (exact) mass is 411 g/mol. The Labute approximate surface area is 164 Å². The van der Waals surface area contributed by atoms with Crippen LogP contribution in [-0.4, -0.2) is 41.9 Å². The molecular formula is C18H20F3N5OS. The third-order valence-corrected chi connectivity index (χ3v) is 5.21. The molecule has 150 valence electrons. The summed E-state index contributed by atoms with van der Waals surface area (Å²) >= 11 is 0.918. The summed E-state index contributed by atoms with van der Waals surface area (Å²) < 4.78 is 37.8. The first-order chi connectivity index (χ1) is 13.4. The number of alkyl halides is 3. The van der Waals surface area contributed by atoms with Crippen LogP contribution >= 0.6 is 11.3 Å². The van der Waals surface area contributed by atoms with E-state index < -0.39 is 11.9 Å². The second kappa shape index (κ2) is 8.59. The van der Waals surface area contributed by atoms with Crippen molar-refractivity contribution in [2.75, 3.05) is 20.1 Å². The molecule has 0 atom stereocenters. The van der Waals surface area contributed by atoms with Crippen molar-refractivity contribution in [1.29, 1.82) is 0 Å². The lowest BCUT2D eigenvalue weighted by Gasteiger charge is -2.29. The van der Waals surface area contributed by atoms with Crippen molar-refractivity contribution >= 4 is 23.2 Å². The average Bonchev–Trinajstić information content (AvgIpc) is 3.17. The third kappa shape index (κ3) is 5.00. The molecule has 28 heavy (non-hydrogen) atoms. The lowest BCUT2D eigenvalue weighted by atomic mass is 10.00. The number of carbonyl (C=O) groups is 1. The van der Waals surface area contributed by atoms with Gasteiger partial charge in [-0.15, -0.1) is 11.3 Å². The van der Waals surface area contributed by atoms with E-state index in [0.717, 1.165) is 28.7 Å². The highest BCUT2D eigenvalue weighted by molar-refractivity contribution is 7.09. The second-order valence-corrected chi connectivity index (χ2v) is 7.18. The van der Waals surface area contributed by atoms with Crippen LogP contribution in [0.15, 0.2) is 34.6 Å². The molecule has 0 fully saturated rings. The quantitative estimate of drug-likeness (QED) is 0.599. The van der Waals surface area contributed by atoms with Gasteiger partial charge in [0.1, 0.15) is 5.01 Å². The van der Waals surface area contributed by atoms with E-state index in [2.05, 4.69) is 26.7 Å². The zero-order chi connectivity index (χ0) is 20.1. The van der Waals surface area contributed by atoms with Gasteiger partial charge in [-0.1, -0.05) is 24.3 Å². The Hall–Kier alpha value is -2.62. The molecule has 3 rings (SSSR count). The van der Waals surface area contributed by atoms with Crippen molar-refractivity contribution in [3.63, 3.8) is 0 Å². The highest BCUT2D eigenvalue weighted by Gasteiger charge is 2.33. The fourth-order valence-corrected chi connectivity index (χ4v) is 3.62. The molecule has 0 aliphatic carbocycles. The van der Waals surface area contributed by atoms with E-state index in [1.54, 1.807) is 4.90 Å². The Morgan fingerprint density at radius 3 is 2.71 bits per heavy atom. The SMILES string of the molecule is CN=C(NCC(=O)N1CCc2ccccc2C1)NCc1nc(C(F)(F)F)cs1. The molecule has 0 saturated heterocycles. The number of rotatable bonds is 4. The van der Waals surface area contributed by atoms with Crippen LogP contribution in [-0.2, 0) is 30.5 Å². The van der Waals surface area contributed by atoms with Gasteiger partial charge in [0.2, 0.25) is 5.91 Å². The Kier molecular flexibility index (Phi) is 6.18. The number of fused-ring (bicyclic) bond motifs is 1. The van der Waals surface area contributed by atoms with Crippen LogP contribution in [0.1, 0.15) is 21.8 Å². The summed E-state index contributed by atoms with van der Waals surface area (Å²) in [6.45, 7) is 1.37. The minimum atomic E-state index is -4.45. The molecule has 0 unspecified atom stereocenters. The number of benzene rings is 1. The Morgan fingerprint density at radius 1 is 1.29 bits per heavy atom. The van der Waals surface area contributed by atoms with Crippen LogP contribution in [0.25, 0.3) is 0 Å². The maximum atomic E-state index is 12.6. The molecule has 1 aliphatic rings. The number of aromatic nitrogens is 1. The van der Waals surface area contributed by atoms with Gasteiger partial charge in [0.25, 0.3) is 0 Å². The molecule has 0 radical (unpaired) electrons. The van der Waals surface area contributed by atoms with Crippen LogP contribution in [0.4, 0.5) is 13.2 Å². The highest BCUT2D eigenvalue weighted by atomic mass is 32.1. The number of guanidine groups is 1. The lowest BCUT2D eigenvalue weighted by Crippen LogP contribution is -2.45. The summed E-state index contributed by atoms with van der Waals surface area (Å²) in [4.78, 5) is 21.8. The lowest BCUT2D eigenvalue weighted by molar-refractivity contribution is -0.140. The fourth-order valence-electron chi connectivity index (χ4n) is 2.88. The number of nitrogens with zero attached hydrogens (tertiary/aromatic N) is 3. The van der Waals surface area contributed by atoms with Crippen molar-refractivity contribution in [2.45, 2.75) is 25.7 Å². The molecule has 6 nitrogen and oxygen atoms in total. The predicted octanol–water partition coefficient (Wildman–Crippen LogP) is 2.41. The molecule has 0 bridgehead atoms. The standard InChI is InChI=1S/C18H20F3N5OS/c1-22-17(23-8-15-25-14(11-28-15)18(19,20)21)24-9-16(27)26-7-6-12-4-2-3-5-13(12)10-26/h2-5,11H,6-10H2,1H3,(H2,22,23,24). The van der Waals surface area contributed by atoms with Crippen molar-refractivity contribution < 1.29 is 18.0 Å². The zero-order valence-corrected chi connectivity index (χ0v) is 16.0. The van der Waals surface area contributed by atoms with Gasteiger partial charge in [0, 0.05) is 25.5 Å². The van der Waals surface area contributed by atoms with Gasteiger partial charge in [-0.25, -0.2) is 4.98 Å². The van der Waals surface area contributed by atoms with E-state index in [4.69, 9.17) is 0 Å². The first-order valence-corrected chi connectivity index (χ1v) is 9.55. The normalized spacial score (nSPS) is 14.6. The minimum absolute atomic E-state index is 0.0491. The third-order valence-electron chi connectivity index (χ3n) is 4.36. The van der Waals surface area contributed by atoms with Crippen LogP contribution < -0.4 is 10.6 Å². The number of carbonyl (C=O) groups excluding carboxylic acids is 1. The fraction of sp³-hybridized carbons (Fsp3) is 0.389. The molecular weight excluding hydrogens is 391 g/mol. The van der Waals surface area contributed by atoms with Crippen LogP contribution in [0, 0.1) is 0 Å². The van der Waals surface area contributed by atoms with Crippen molar-refractivity contribution in [2.24, 2.45) is 4.99 Å². The maximum absolute atomic E-state index is 12.6. The van der Waals surface area contributed by atoms with Crippen LogP contribution in [0.5, 0.6) is 0 Å². The number of amides is 1. The summed E-state index contributed by atoms with van der Waals surface area (Å²) in [5, 5.41) is 7.04. The second-order valence-electron chi connectivity index (χ2n) is 6.24. The van der Waals surface area contributed by atoms with E-state index in [0.29, 0.717) is 19.0 Å². The van der Waals surface area contributed by atoms with Gasteiger partial charge in [0.15, 0.2) is 11.7 Å². The maximum Gasteiger partial charge on any atom is 0.434 e. The topological polar surface area (TPSA) is 69.6 Å². The van der Waals surface area contributed by atoms with E-state index in [9.17, 15) is 18.0 Å². The molecule has 2 aromatic rings. The van der Waals surface area contributed by atoms with Gasteiger partial charge < -0.3 is 15.5 Å². The largest absolute Gasteiger partial charge is 0.434 e. The van der Waals surface area contributed by atoms with E-state index in [1.807, 2.05) is 18.2 Å². The molecule has 1 amide bonds. The summed E-state index contributed by atoms with van der Waals surface area (Å²) in [5.74, 6) is 0.264. The van der Waals surface area contributed by atoms with Gasteiger partial charge >= 0.3 is 6.18 Å². The summed E-state index contributed by atoms with van der Waals surface area (Å²) in [6.07, 6.45) is -3.63. The molecule has 2 heterocycles. The van der Waals surface area contributed by atoms with Gasteiger partial charge in [-0.2, -0.15) is 13.2 Å². The number of thiazole rings is 1. The summed E-state index contributed by atoms with van der Waals surface area (Å²) in [7, 11) is 1.53. The number of halogens is 3. The van der Waals surface area contributed by atoms with E-state index in [1.165, 1.54) is 12.6 Å². The first kappa shape index (κ1) is 20.1. The molecule has 10 heteroatoms. The van der Waals surface area contributed by atoms with Crippen molar-refractivity contribution in [1.82, 2.24) is 20.5 Å². The zero-order valence-electron chi connectivity index (χ0n) is 15.2. The summed E-state index contributed by atoms with van der Waals surface area (Å²) in [5.41, 5.74) is 1.50. The Bertz CT molecular complexity index is 865. The number of aliphatic imine (C=N–C) groups is 1. The minimum Gasteiger partial charge on any atom is -0.350 e. The smallest absolute Gasteiger partial charge is 0.350 e. The Balaban J connectivity index is 1.48. The van der Waals surface area contributed by atoms with Gasteiger partial charge in [0.05, 0.1) is 13.1 Å². The Morgan fingerprint density at radius 2 is 2.04 bits per heavy atom. The number of hydrogen-bond acceptors (Lipinski definition) is 4. The molecule has 1 aromatic carbocycles. The molecule has 1 aliphatic heterocycles. The van der Waals surface area contributed by atoms with Crippen molar-refractivity contribution in [3.8, 4) is 0 Å².